The van der Waals surface area contributed by atoms with E-state index in [0.29, 0.717) is 5.82 Å². The first-order chi connectivity index (χ1) is 12.2. The average Bonchev–Trinajstić information content (AvgIpc) is 3.44. The van der Waals surface area contributed by atoms with Crippen LogP contribution >= 0.6 is 0 Å². The molecule has 25 heavy (non-hydrogen) atoms. The van der Waals surface area contributed by atoms with Crippen molar-refractivity contribution < 1.29 is 9.18 Å². The molecule has 1 N–H and O–H groups in total. The van der Waals surface area contributed by atoms with Crippen molar-refractivity contribution in [2.75, 3.05) is 5.32 Å². The molecule has 1 aromatic carbocycles. The van der Waals surface area contributed by atoms with E-state index in [1.807, 2.05) is 24.3 Å². The second kappa shape index (κ2) is 6.43. The van der Waals surface area contributed by atoms with Gasteiger partial charge in [-0.25, -0.2) is 9.37 Å². The molecule has 0 bridgehead atoms. The molecule has 1 aliphatic carbocycles. The van der Waals surface area contributed by atoms with Gasteiger partial charge in [0.05, 0.1) is 5.69 Å². The lowest BCUT2D eigenvalue weighted by Crippen LogP contribution is -2.15. The Labute approximate surface area is 144 Å². The summed E-state index contributed by atoms with van der Waals surface area (Å²) in [6.45, 7) is 0. The zero-order chi connectivity index (χ0) is 17.2. The number of nitrogens with zero attached hydrogens (tertiary/aromatic N) is 2. The molecule has 2 aromatic heterocycles. The fourth-order valence-corrected chi connectivity index (χ4v) is 2.92. The quantitative estimate of drug-likeness (QED) is 0.784. The summed E-state index contributed by atoms with van der Waals surface area (Å²) in [5.74, 6) is 0.452. The van der Waals surface area contributed by atoms with E-state index in [4.69, 9.17) is 0 Å². The fourth-order valence-electron chi connectivity index (χ4n) is 2.92. The molecule has 1 amide bonds. The van der Waals surface area contributed by atoms with Crippen LogP contribution in [-0.2, 0) is 4.79 Å². The molecule has 1 aliphatic rings. The summed E-state index contributed by atoms with van der Waals surface area (Å²) in [5.41, 5.74) is 2.71. The molecule has 0 saturated heterocycles. The number of benzene rings is 1. The molecule has 5 heteroatoms. The van der Waals surface area contributed by atoms with E-state index in [-0.39, 0.29) is 23.6 Å². The summed E-state index contributed by atoms with van der Waals surface area (Å²) in [6, 6.07) is 15.6. The molecule has 2 unspecified atom stereocenters. The minimum Gasteiger partial charge on any atom is -0.310 e. The highest BCUT2D eigenvalue weighted by atomic mass is 19.1. The van der Waals surface area contributed by atoms with E-state index >= 15 is 0 Å². The van der Waals surface area contributed by atoms with Gasteiger partial charge in [0, 0.05) is 23.9 Å². The summed E-state index contributed by atoms with van der Waals surface area (Å²) < 4.78 is 13.0. The van der Waals surface area contributed by atoms with Crippen LogP contribution in [0.25, 0.3) is 11.3 Å². The Hall–Kier alpha value is -3.08. The van der Waals surface area contributed by atoms with E-state index in [2.05, 4.69) is 15.3 Å². The molecule has 2 heterocycles. The minimum atomic E-state index is -0.264. The lowest BCUT2D eigenvalue weighted by molar-refractivity contribution is -0.117. The highest BCUT2D eigenvalue weighted by molar-refractivity contribution is 5.94. The van der Waals surface area contributed by atoms with Gasteiger partial charge in [0.15, 0.2) is 0 Å². The summed E-state index contributed by atoms with van der Waals surface area (Å²) in [7, 11) is 0. The van der Waals surface area contributed by atoms with Crippen LogP contribution in [0.3, 0.4) is 0 Å². The highest BCUT2D eigenvalue weighted by Gasteiger charge is 2.44. The van der Waals surface area contributed by atoms with Crippen molar-refractivity contribution in [3.05, 3.63) is 78.4 Å². The number of hydrogen-bond acceptors (Lipinski definition) is 3. The van der Waals surface area contributed by atoms with Gasteiger partial charge in [-0.15, -0.1) is 0 Å². The monoisotopic (exact) mass is 333 g/mol. The lowest BCUT2D eigenvalue weighted by atomic mass is 10.1. The maximum atomic E-state index is 13.0. The number of aromatic nitrogens is 2. The SMILES string of the molecule is O=C(Nc1ccccn1)C1CC1c1ccc(-c2ccc(F)cc2)nc1. The van der Waals surface area contributed by atoms with Crippen LogP contribution in [0.4, 0.5) is 10.2 Å². The van der Waals surface area contributed by atoms with Crippen LogP contribution in [0, 0.1) is 11.7 Å². The van der Waals surface area contributed by atoms with Gasteiger partial charge in [-0.05, 0) is 60.4 Å². The van der Waals surface area contributed by atoms with Crippen molar-refractivity contribution in [1.29, 1.82) is 0 Å². The van der Waals surface area contributed by atoms with Gasteiger partial charge in [-0.2, -0.15) is 0 Å². The summed E-state index contributed by atoms with van der Waals surface area (Å²) >= 11 is 0. The Morgan fingerprint density at radius 3 is 2.56 bits per heavy atom. The predicted octanol–water partition coefficient (Wildman–Crippen LogP) is 4.02. The smallest absolute Gasteiger partial charge is 0.229 e. The molecule has 4 rings (SSSR count). The zero-order valence-electron chi connectivity index (χ0n) is 13.4. The summed E-state index contributed by atoms with van der Waals surface area (Å²) in [4.78, 5) is 20.8. The van der Waals surface area contributed by atoms with E-state index in [9.17, 15) is 9.18 Å². The number of anilines is 1. The normalized spacial score (nSPS) is 18.6. The first kappa shape index (κ1) is 15.4. The van der Waals surface area contributed by atoms with Gasteiger partial charge >= 0.3 is 0 Å². The summed E-state index contributed by atoms with van der Waals surface area (Å²) in [5, 5.41) is 2.84. The number of amides is 1. The molecule has 2 atom stereocenters. The number of nitrogens with one attached hydrogen (secondary N) is 1. The first-order valence-corrected chi connectivity index (χ1v) is 8.14. The van der Waals surface area contributed by atoms with Crippen molar-refractivity contribution in [3.63, 3.8) is 0 Å². The number of hydrogen-bond donors (Lipinski definition) is 1. The van der Waals surface area contributed by atoms with E-state index in [1.165, 1.54) is 12.1 Å². The predicted molar refractivity (Wildman–Crippen MR) is 93.3 cm³/mol. The molecule has 4 nitrogen and oxygen atoms in total. The fraction of sp³-hybridized carbons (Fsp3) is 0.150. The van der Waals surface area contributed by atoms with Crippen LogP contribution in [0.15, 0.2) is 67.0 Å². The zero-order valence-corrected chi connectivity index (χ0v) is 13.4. The topological polar surface area (TPSA) is 54.9 Å². The number of carbonyl (C=O) groups excluding carboxylic acids is 1. The summed E-state index contributed by atoms with van der Waals surface area (Å²) in [6.07, 6.45) is 4.27. The molecule has 1 saturated carbocycles. The van der Waals surface area contributed by atoms with Crippen molar-refractivity contribution in [2.45, 2.75) is 12.3 Å². The minimum absolute atomic E-state index is 0.00805. The van der Waals surface area contributed by atoms with Crippen molar-refractivity contribution in [3.8, 4) is 11.3 Å². The van der Waals surface area contributed by atoms with Crippen LogP contribution in [0.1, 0.15) is 17.9 Å². The first-order valence-electron chi connectivity index (χ1n) is 8.14. The number of halogens is 1. The molecule has 0 spiro atoms. The highest BCUT2D eigenvalue weighted by Crippen LogP contribution is 2.47. The van der Waals surface area contributed by atoms with Crippen LogP contribution < -0.4 is 5.32 Å². The molecule has 0 radical (unpaired) electrons. The van der Waals surface area contributed by atoms with Crippen LogP contribution in [-0.4, -0.2) is 15.9 Å². The Morgan fingerprint density at radius 1 is 1.04 bits per heavy atom. The second-order valence-corrected chi connectivity index (χ2v) is 6.14. The van der Waals surface area contributed by atoms with Crippen molar-refractivity contribution in [2.24, 2.45) is 5.92 Å². The largest absolute Gasteiger partial charge is 0.310 e. The van der Waals surface area contributed by atoms with Gasteiger partial charge < -0.3 is 5.32 Å². The van der Waals surface area contributed by atoms with Gasteiger partial charge in [-0.3, -0.25) is 9.78 Å². The molecule has 1 fully saturated rings. The molecular formula is C20H16FN3O. The Morgan fingerprint density at radius 2 is 1.88 bits per heavy atom. The lowest BCUT2D eigenvalue weighted by Gasteiger charge is -2.05. The number of rotatable bonds is 4. The van der Waals surface area contributed by atoms with Crippen LogP contribution in [0.2, 0.25) is 0 Å². The van der Waals surface area contributed by atoms with Gasteiger partial charge in [-0.1, -0.05) is 12.1 Å². The van der Waals surface area contributed by atoms with Crippen molar-refractivity contribution in [1.82, 2.24) is 9.97 Å². The average molecular weight is 333 g/mol. The van der Waals surface area contributed by atoms with Gasteiger partial charge in [0.2, 0.25) is 5.91 Å². The third kappa shape index (κ3) is 3.40. The Bertz CT molecular complexity index is 879. The number of pyridine rings is 2. The van der Waals surface area contributed by atoms with E-state index < -0.39 is 0 Å². The standard InChI is InChI=1S/C20H16FN3O/c21-15-7-4-13(5-8-15)18-9-6-14(12-23-18)16-11-17(16)20(25)24-19-3-1-2-10-22-19/h1-10,12,16-17H,11H2,(H,22,24,25). The maximum absolute atomic E-state index is 13.0. The third-order valence-electron chi connectivity index (χ3n) is 4.40. The molecule has 0 aliphatic heterocycles. The Kier molecular flexibility index (Phi) is 3.98. The van der Waals surface area contributed by atoms with Gasteiger partial charge in [0.1, 0.15) is 11.6 Å². The maximum Gasteiger partial charge on any atom is 0.229 e. The molecule has 124 valence electrons. The van der Waals surface area contributed by atoms with Crippen LogP contribution in [0.5, 0.6) is 0 Å². The number of carbonyl (C=O) groups is 1. The molecule has 3 aromatic rings. The molecular weight excluding hydrogens is 317 g/mol. The van der Waals surface area contributed by atoms with E-state index in [1.54, 1.807) is 30.6 Å². The second-order valence-electron chi connectivity index (χ2n) is 6.14. The van der Waals surface area contributed by atoms with Gasteiger partial charge in [0.25, 0.3) is 0 Å². The van der Waals surface area contributed by atoms with Crippen molar-refractivity contribution >= 4 is 11.7 Å². The van der Waals surface area contributed by atoms with E-state index in [0.717, 1.165) is 23.2 Å². The Balaban J connectivity index is 1.42. The third-order valence-corrected chi connectivity index (χ3v) is 4.40.